The SMILES string of the molecule is CCOC(=O)C(C(=O)OCC)C(C#N)c1ccc2ccccc2c1. The van der Waals surface area contributed by atoms with Crippen LogP contribution in [-0.4, -0.2) is 25.2 Å². The average molecular weight is 325 g/mol. The predicted molar refractivity (Wildman–Crippen MR) is 89.1 cm³/mol. The summed E-state index contributed by atoms with van der Waals surface area (Å²) in [7, 11) is 0. The number of nitrogens with zero attached hydrogens (tertiary/aromatic N) is 1. The van der Waals surface area contributed by atoms with Crippen LogP contribution in [0.2, 0.25) is 0 Å². The molecule has 0 fully saturated rings. The van der Waals surface area contributed by atoms with Crippen LogP contribution in [0.15, 0.2) is 42.5 Å². The molecule has 0 aliphatic rings. The second-order valence-corrected chi connectivity index (χ2v) is 5.20. The number of carbonyl (C=O) groups excluding carboxylic acids is 2. The van der Waals surface area contributed by atoms with E-state index in [0.29, 0.717) is 5.56 Å². The van der Waals surface area contributed by atoms with Gasteiger partial charge in [0.1, 0.15) is 0 Å². The number of ether oxygens (including phenoxy) is 2. The summed E-state index contributed by atoms with van der Waals surface area (Å²) < 4.78 is 9.94. The lowest BCUT2D eigenvalue weighted by molar-refractivity contribution is -0.162. The van der Waals surface area contributed by atoms with E-state index in [0.717, 1.165) is 10.8 Å². The van der Waals surface area contributed by atoms with Gasteiger partial charge in [-0.2, -0.15) is 5.26 Å². The van der Waals surface area contributed by atoms with E-state index in [4.69, 9.17) is 9.47 Å². The minimum Gasteiger partial charge on any atom is -0.465 e. The smallest absolute Gasteiger partial charge is 0.322 e. The third-order valence-electron chi connectivity index (χ3n) is 3.69. The summed E-state index contributed by atoms with van der Waals surface area (Å²) in [6.07, 6.45) is 0. The van der Waals surface area contributed by atoms with Crippen LogP contribution in [0.4, 0.5) is 0 Å². The van der Waals surface area contributed by atoms with Gasteiger partial charge >= 0.3 is 11.9 Å². The van der Waals surface area contributed by atoms with Crippen molar-refractivity contribution < 1.29 is 19.1 Å². The molecule has 24 heavy (non-hydrogen) atoms. The molecule has 0 amide bonds. The van der Waals surface area contributed by atoms with Gasteiger partial charge in [0.05, 0.1) is 25.2 Å². The normalized spacial score (nSPS) is 11.8. The molecule has 124 valence electrons. The summed E-state index contributed by atoms with van der Waals surface area (Å²) in [5.41, 5.74) is 0.585. The fourth-order valence-electron chi connectivity index (χ4n) is 2.58. The molecule has 0 aliphatic carbocycles. The first kappa shape index (κ1) is 17.5. The van der Waals surface area contributed by atoms with Crippen LogP contribution in [0.25, 0.3) is 10.8 Å². The molecule has 0 heterocycles. The number of esters is 2. The highest BCUT2D eigenvalue weighted by molar-refractivity contribution is 5.97. The second kappa shape index (κ2) is 8.11. The number of benzene rings is 2. The fourth-order valence-corrected chi connectivity index (χ4v) is 2.58. The van der Waals surface area contributed by atoms with Crippen molar-refractivity contribution in [1.82, 2.24) is 0 Å². The van der Waals surface area contributed by atoms with Crippen molar-refractivity contribution in [2.24, 2.45) is 5.92 Å². The zero-order valence-corrected chi connectivity index (χ0v) is 13.7. The highest BCUT2D eigenvalue weighted by Gasteiger charge is 2.38. The lowest BCUT2D eigenvalue weighted by atomic mass is 9.86. The number of hydrogen-bond donors (Lipinski definition) is 0. The first-order valence-electron chi connectivity index (χ1n) is 7.84. The van der Waals surface area contributed by atoms with E-state index < -0.39 is 23.8 Å². The molecule has 2 aromatic carbocycles. The molecule has 0 radical (unpaired) electrons. The summed E-state index contributed by atoms with van der Waals surface area (Å²) in [6.45, 7) is 3.56. The van der Waals surface area contributed by atoms with Crippen LogP contribution in [0.1, 0.15) is 25.3 Å². The van der Waals surface area contributed by atoms with E-state index in [1.54, 1.807) is 19.9 Å². The Hall–Kier alpha value is -2.87. The molecule has 1 unspecified atom stereocenters. The van der Waals surface area contributed by atoms with Gasteiger partial charge in [0.15, 0.2) is 5.92 Å². The first-order valence-corrected chi connectivity index (χ1v) is 7.84. The first-order chi connectivity index (χ1) is 11.6. The fraction of sp³-hybridized carbons (Fsp3) is 0.316. The lowest BCUT2D eigenvalue weighted by Gasteiger charge is -2.19. The van der Waals surface area contributed by atoms with E-state index in [1.165, 1.54) is 0 Å². The van der Waals surface area contributed by atoms with Crippen LogP contribution in [0, 0.1) is 17.2 Å². The summed E-state index contributed by atoms with van der Waals surface area (Å²) in [5, 5.41) is 11.5. The Morgan fingerprint density at radius 2 is 1.58 bits per heavy atom. The van der Waals surface area contributed by atoms with Crippen molar-refractivity contribution in [3.8, 4) is 6.07 Å². The zero-order valence-electron chi connectivity index (χ0n) is 13.7. The van der Waals surface area contributed by atoms with E-state index in [1.807, 2.05) is 36.4 Å². The average Bonchev–Trinajstić information content (AvgIpc) is 2.59. The molecule has 5 nitrogen and oxygen atoms in total. The largest absolute Gasteiger partial charge is 0.465 e. The maximum atomic E-state index is 12.2. The summed E-state index contributed by atoms with van der Waals surface area (Å²) in [4.78, 5) is 24.4. The molecule has 0 spiro atoms. The Morgan fingerprint density at radius 1 is 1.00 bits per heavy atom. The summed E-state index contributed by atoms with van der Waals surface area (Å²) in [6, 6.07) is 15.2. The minimum atomic E-state index is -1.30. The highest BCUT2D eigenvalue weighted by atomic mass is 16.6. The van der Waals surface area contributed by atoms with Gasteiger partial charge < -0.3 is 9.47 Å². The molecule has 0 bridgehead atoms. The predicted octanol–water partition coefficient (Wildman–Crippen LogP) is 3.19. The van der Waals surface area contributed by atoms with Crippen LogP contribution < -0.4 is 0 Å². The van der Waals surface area contributed by atoms with E-state index >= 15 is 0 Å². The minimum absolute atomic E-state index is 0.130. The van der Waals surface area contributed by atoms with Crippen molar-refractivity contribution in [2.75, 3.05) is 13.2 Å². The van der Waals surface area contributed by atoms with Crippen molar-refractivity contribution in [3.05, 3.63) is 48.0 Å². The van der Waals surface area contributed by atoms with Crippen LogP contribution in [-0.2, 0) is 19.1 Å². The number of rotatable bonds is 6. The van der Waals surface area contributed by atoms with Crippen LogP contribution >= 0.6 is 0 Å². The van der Waals surface area contributed by atoms with Gasteiger partial charge in [-0.15, -0.1) is 0 Å². The van der Waals surface area contributed by atoms with Crippen molar-refractivity contribution in [3.63, 3.8) is 0 Å². The molecule has 0 aliphatic heterocycles. The highest BCUT2D eigenvalue weighted by Crippen LogP contribution is 2.29. The summed E-state index contributed by atoms with van der Waals surface area (Å²) >= 11 is 0. The molecule has 0 saturated heterocycles. The second-order valence-electron chi connectivity index (χ2n) is 5.20. The number of nitriles is 1. The van der Waals surface area contributed by atoms with Crippen molar-refractivity contribution in [1.29, 1.82) is 5.26 Å². The van der Waals surface area contributed by atoms with Gasteiger partial charge in [0, 0.05) is 0 Å². The van der Waals surface area contributed by atoms with Crippen LogP contribution in [0.3, 0.4) is 0 Å². The lowest BCUT2D eigenvalue weighted by Crippen LogP contribution is -2.33. The monoisotopic (exact) mass is 325 g/mol. The molecule has 5 heteroatoms. The van der Waals surface area contributed by atoms with Gasteiger partial charge in [-0.1, -0.05) is 36.4 Å². The number of fused-ring (bicyclic) bond motifs is 1. The Kier molecular flexibility index (Phi) is 5.91. The van der Waals surface area contributed by atoms with E-state index in [9.17, 15) is 14.9 Å². The summed E-state index contributed by atoms with van der Waals surface area (Å²) in [5.74, 6) is -3.74. The van der Waals surface area contributed by atoms with Gasteiger partial charge in [-0.05, 0) is 36.2 Å². The topological polar surface area (TPSA) is 76.4 Å². The maximum absolute atomic E-state index is 12.2. The molecule has 2 rings (SSSR count). The molecule has 1 atom stereocenters. The van der Waals surface area contributed by atoms with Crippen molar-refractivity contribution in [2.45, 2.75) is 19.8 Å². The van der Waals surface area contributed by atoms with E-state index in [2.05, 4.69) is 6.07 Å². The third kappa shape index (κ3) is 3.72. The molecule has 0 N–H and O–H groups in total. The van der Waals surface area contributed by atoms with Gasteiger partial charge in [-0.25, -0.2) is 0 Å². The van der Waals surface area contributed by atoms with Gasteiger partial charge in [0.2, 0.25) is 0 Å². The maximum Gasteiger partial charge on any atom is 0.322 e. The molecule has 0 aromatic heterocycles. The zero-order chi connectivity index (χ0) is 17.5. The standard InChI is InChI=1S/C19H19NO4/c1-3-23-18(21)17(19(22)24-4-2)16(12-20)15-10-9-13-7-5-6-8-14(13)11-15/h5-11,16-17H,3-4H2,1-2H3. The Labute approximate surface area is 140 Å². The van der Waals surface area contributed by atoms with E-state index in [-0.39, 0.29) is 13.2 Å². The van der Waals surface area contributed by atoms with Gasteiger partial charge in [-0.3, -0.25) is 9.59 Å². The molecular weight excluding hydrogens is 306 g/mol. The molecular formula is C19H19NO4. The molecule has 0 saturated carbocycles. The van der Waals surface area contributed by atoms with Crippen molar-refractivity contribution >= 4 is 22.7 Å². The molecule has 2 aromatic rings. The third-order valence-corrected chi connectivity index (χ3v) is 3.69. The Bertz CT molecular complexity index is 760. The quantitative estimate of drug-likeness (QED) is 0.602. The van der Waals surface area contributed by atoms with Crippen LogP contribution in [0.5, 0.6) is 0 Å². The van der Waals surface area contributed by atoms with Gasteiger partial charge in [0.25, 0.3) is 0 Å². The number of carbonyl (C=O) groups is 2. The number of hydrogen-bond acceptors (Lipinski definition) is 5. The Balaban J connectivity index is 2.44. The Morgan fingerprint density at radius 3 is 2.12 bits per heavy atom.